The molecule has 0 aromatic heterocycles. The number of nitrogens with one attached hydrogen (secondary N) is 1. The highest BCUT2D eigenvalue weighted by Crippen LogP contribution is 2.64. The fourth-order valence-corrected chi connectivity index (χ4v) is 6.20. The number of hydrogen-bond acceptors (Lipinski definition) is 6. The lowest BCUT2D eigenvalue weighted by Crippen LogP contribution is -2.81. The number of amides is 1. The maximum absolute atomic E-state index is 12.9. The molecular weight excluding hydrogens is 352 g/mol. The molecule has 7 heteroatoms. The average Bonchev–Trinajstić information content (AvgIpc) is 2.99. The number of ether oxygens (including phenoxy) is 1. The second kappa shape index (κ2) is 5.16. The van der Waals surface area contributed by atoms with Gasteiger partial charge in [0.15, 0.2) is 23.4 Å². The largest absolute Gasteiger partial charge is 0.504 e. The van der Waals surface area contributed by atoms with E-state index < -0.39 is 17.1 Å². The summed E-state index contributed by atoms with van der Waals surface area (Å²) in [5.74, 6) is 0.557. The van der Waals surface area contributed by atoms with E-state index >= 15 is 0 Å². The molecule has 4 atom stereocenters. The lowest BCUT2D eigenvalue weighted by Gasteiger charge is -2.64. The number of phenolic OH excluding ortho intramolecular Hbond substituents is 1. The van der Waals surface area contributed by atoms with E-state index in [4.69, 9.17) is 4.74 Å². The number of phenols is 1. The molecule has 4 aliphatic rings. The molecule has 0 unspecified atom stereocenters. The zero-order valence-corrected chi connectivity index (χ0v) is 15.5. The number of thiol groups is 1. The van der Waals surface area contributed by atoms with Crippen molar-refractivity contribution in [2.45, 2.75) is 48.8 Å². The van der Waals surface area contributed by atoms with Crippen LogP contribution in [-0.4, -0.2) is 58.7 Å². The van der Waals surface area contributed by atoms with Crippen LogP contribution >= 0.6 is 12.6 Å². The maximum atomic E-state index is 12.9. The molecule has 1 saturated heterocycles. The van der Waals surface area contributed by atoms with Gasteiger partial charge in [-0.25, -0.2) is 0 Å². The highest BCUT2D eigenvalue weighted by Gasteiger charge is 2.73. The number of rotatable bonds is 2. The van der Waals surface area contributed by atoms with Gasteiger partial charge in [0.25, 0.3) is 0 Å². The highest BCUT2D eigenvalue weighted by atomic mass is 32.1. The second-order valence-corrected chi connectivity index (χ2v) is 8.33. The number of ketones is 1. The van der Waals surface area contributed by atoms with Gasteiger partial charge in [0.2, 0.25) is 5.91 Å². The van der Waals surface area contributed by atoms with Crippen LogP contribution in [0.25, 0.3) is 0 Å². The number of carbonyl (C=O) groups is 2. The van der Waals surface area contributed by atoms with Crippen LogP contribution in [0.15, 0.2) is 12.1 Å². The standard InChI is InChI=1S/C19H22N2O4S/c1-21-7-6-18-15-10-2-3-11(22)16(15)25-17(18)12(23)4-5-19(18,13(21)8-10)20-14(24)9-26/h2-3,13,17,22,26H,4-9H2,1H3,(H,20,24)/t13-,17+,18+,19-/m1/s1. The average molecular weight is 374 g/mol. The van der Waals surface area contributed by atoms with E-state index in [0.29, 0.717) is 25.0 Å². The van der Waals surface area contributed by atoms with Crippen molar-refractivity contribution in [1.82, 2.24) is 10.2 Å². The molecule has 2 aliphatic heterocycles. The van der Waals surface area contributed by atoms with Gasteiger partial charge in [-0.1, -0.05) is 6.07 Å². The van der Waals surface area contributed by atoms with E-state index in [9.17, 15) is 14.7 Å². The summed E-state index contributed by atoms with van der Waals surface area (Å²) in [4.78, 5) is 27.6. The number of hydrogen-bond donors (Lipinski definition) is 3. The summed E-state index contributed by atoms with van der Waals surface area (Å²) in [6.07, 6.45) is 1.79. The highest BCUT2D eigenvalue weighted by molar-refractivity contribution is 7.81. The molecular formula is C19H22N2O4S. The Labute approximate surface area is 157 Å². The summed E-state index contributed by atoms with van der Waals surface area (Å²) < 4.78 is 6.11. The van der Waals surface area contributed by atoms with Crippen molar-refractivity contribution in [3.8, 4) is 11.5 Å². The van der Waals surface area contributed by atoms with Crippen molar-refractivity contribution in [2.24, 2.45) is 0 Å². The normalized spacial score (nSPS) is 37.1. The van der Waals surface area contributed by atoms with Crippen molar-refractivity contribution in [3.05, 3.63) is 23.3 Å². The van der Waals surface area contributed by atoms with E-state index in [1.165, 1.54) is 0 Å². The van der Waals surface area contributed by atoms with Crippen LogP contribution in [0.2, 0.25) is 0 Å². The van der Waals surface area contributed by atoms with Gasteiger partial charge in [0, 0.05) is 18.0 Å². The third-order valence-electron chi connectivity index (χ3n) is 7.09. The molecule has 1 aromatic carbocycles. The number of aromatic hydroxyl groups is 1. The minimum atomic E-state index is -0.644. The minimum absolute atomic E-state index is 0.0625. The van der Waals surface area contributed by atoms with Crippen molar-refractivity contribution in [3.63, 3.8) is 0 Å². The second-order valence-electron chi connectivity index (χ2n) is 8.01. The van der Waals surface area contributed by atoms with Crippen molar-refractivity contribution in [1.29, 1.82) is 0 Å². The first-order valence-electron chi connectivity index (χ1n) is 9.11. The molecule has 6 nitrogen and oxygen atoms in total. The Balaban J connectivity index is 1.82. The molecule has 5 rings (SSSR count). The Bertz CT molecular complexity index is 843. The fraction of sp³-hybridized carbons (Fsp3) is 0.579. The fourth-order valence-electron chi connectivity index (χ4n) is 6.12. The quantitative estimate of drug-likeness (QED) is 0.668. The summed E-state index contributed by atoms with van der Waals surface area (Å²) in [7, 11) is 2.08. The molecule has 1 amide bonds. The molecule has 0 radical (unpaired) electrons. The van der Waals surface area contributed by atoms with Gasteiger partial charge in [0.1, 0.15) is 0 Å². The molecule has 26 heavy (non-hydrogen) atoms. The smallest absolute Gasteiger partial charge is 0.230 e. The topological polar surface area (TPSA) is 78.9 Å². The van der Waals surface area contributed by atoms with Gasteiger partial charge in [-0.15, -0.1) is 0 Å². The van der Waals surface area contributed by atoms with Gasteiger partial charge in [0.05, 0.1) is 16.7 Å². The first kappa shape index (κ1) is 16.4. The summed E-state index contributed by atoms with van der Waals surface area (Å²) in [6, 6.07) is 3.68. The number of piperidine rings is 1. The SMILES string of the molecule is CN1CC[C@]23c4c5ccc(O)c4O[C@H]2C(=O)CC[C@@]3(NC(=O)CS)[C@H]1C5. The van der Waals surface area contributed by atoms with Gasteiger partial charge in [-0.2, -0.15) is 12.6 Å². The zero-order valence-electron chi connectivity index (χ0n) is 14.6. The third-order valence-corrected chi connectivity index (χ3v) is 7.37. The summed E-state index contributed by atoms with van der Waals surface area (Å²) >= 11 is 4.16. The summed E-state index contributed by atoms with van der Waals surface area (Å²) in [6.45, 7) is 0.824. The Hall–Kier alpha value is -1.73. The molecule has 138 valence electrons. The lowest BCUT2D eigenvalue weighted by atomic mass is 9.47. The Morgan fingerprint density at radius 3 is 3.04 bits per heavy atom. The first-order chi connectivity index (χ1) is 12.4. The van der Waals surface area contributed by atoms with Crippen molar-refractivity contribution in [2.75, 3.05) is 19.3 Å². The summed E-state index contributed by atoms with van der Waals surface area (Å²) in [5.41, 5.74) is 0.867. The lowest BCUT2D eigenvalue weighted by molar-refractivity contribution is -0.148. The van der Waals surface area contributed by atoms with Crippen LogP contribution in [0.4, 0.5) is 0 Å². The van der Waals surface area contributed by atoms with E-state index in [2.05, 4.69) is 29.9 Å². The maximum Gasteiger partial charge on any atom is 0.230 e. The molecule has 2 fully saturated rings. The van der Waals surface area contributed by atoms with E-state index in [0.717, 1.165) is 24.1 Å². The van der Waals surface area contributed by atoms with Crippen LogP contribution in [0.3, 0.4) is 0 Å². The zero-order chi connectivity index (χ0) is 18.3. The number of nitrogens with zero attached hydrogens (tertiary/aromatic N) is 1. The molecule has 2 aliphatic carbocycles. The number of carbonyl (C=O) groups excluding carboxylic acids is 2. The molecule has 2 heterocycles. The molecule has 1 aromatic rings. The molecule has 1 spiro atoms. The monoisotopic (exact) mass is 374 g/mol. The molecule has 2 N–H and O–H groups in total. The van der Waals surface area contributed by atoms with Gasteiger partial charge >= 0.3 is 0 Å². The van der Waals surface area contributed by atoms with Gasteiger partial charge in [-0.05, 0) is 44.5 Å². The Kier molecular flexibility index (Phi) is 3.27. The summed E-state index contributed by atoms with van der Waals surface area (Å²) in [5, 5.41) is 13.7. The number of likely N-dealkylation sites (tertiary alicyclic amines) is 1. The predicted octanol–water partition coefficient (Wildman–Crippen LogP) is 0.799. The van der Waals surface area contributed by atoms with E-state index in [1.807, 2.05) is 6.07 Å². The van der Waals surface area contributed by atoms with Gasteiger partial charge in [-0.3, -0.25) is 9.59 Å². The van der Waals surface area contributed by atoms with Crippen LogP contribution < -0.4 is 10.1 Å². The predicted molar refractivity (Wildman–Crippen MR) is 97.9 cm³/mol. The van der Waals surface area contributed by atoms with E-state index in [-0.39, 0.29) is 29.2 Å². The van der Waals surface area contributed by atoms with Crippen molar-refractivity contribution < 1.29 is 19.4 Å². The first-order valence-corrected chi connectivity index (χ1v) is 9.74. The number of likely N-dealkylation sites (N-methyl/N-ethyl adjacent to an activating group) is 1. The van der Waals surface area contributed by atoms with Crippen molar-refractivity contribution >= 4 is 24.3 Å². The van der Waals surface area contributed by atoms with E-state index in [1.54, 1.807) is 6.07 Å². The third kappa shape index (κ3) is 1.69. The Morgan fingerprint density at radius 2 is 2.27 bits per heavy atom. The minimum Gasteiger partial charge on any atom is -0.504 e. The van der Waals surface area contributed by atoms with Crippen LogP contribution in [0.5, 0.6) is 11.5 Å². The number of benzene rings is 1. The van der Waals surface area contributed by atoms with Crippen LogP contribution in [-0.2, 0) is 21.4 Å². The Morgan fingerprint density at radius 1 is 1.46 bits per heavy atom. The van der Waals surface area contributed by atoms with Gasteiger partial charge < -0.3 is 20.1 Å². The molecule has 2 bridgehead atoms. The number of Topliss-reactive ketones (excluding diaryl/α,β-unsaturated/α-hetero) is 1. The molecule has 1 saturated carbocycles. The van der Waals surface area contributed by atoms with Crippen LogP contribution in [0.1, 0.15) is 30.4 Å². The van der Waals surface area contributed by atoms with Crippen LogP contribution in [0, 0.1) is 0 Å².